The summed E-state index contributed by atoms with van der Waals surface area (Å²) in [5.74, 6) is 0.723. The fraction of sp³-hybridized carbons (Fsp3) is 0.111. The van der Waals surface area contributed by atoms with Crippen LogP contribution in [0.5, 0.6) is 0 Å². The van der Waals surface area contributed by atoms with Gasteiger partial charge in [-0.3, -0.25) is 4.98 Å². The zero-order valence-corrected chi connectivity index (χ0v) is 9.24. The first-order valence-corrected chi connectivity index (χ1v) is 5.56. The Balaban J connectivity index is 1.96. The van der Waals surface area contributed by atoms with E-state index in [1.807, 2.05) is 6.07 Å². The zero-order valence-electron chi connectivity index (χ0n) is 7.67. The first kappa shape index (κ1) is 10.3. The summed E-state index contributed by atoms with van der Waals surface area (Å²) in [6, 6.07) is 1.86. The number of thioether (sulfide) groups is 1. The van der Waals surface area contributed by atoms with Gasteiger partial charge >= 0.3 is 0 Å². The highest BCUT2D eigenvalue weighted by Gasteiger charge is 1.98. The van der Waals surface area contributed by atoms with Crippen molar-refractivity contribution in [2.75, 3.05) is 0 Å². The Bertz CT molecular complexity index is 420. The molecule has 0 aliphatic carbocycles. The monoisotopic (exact) mass is 238 g/mol. The number of nitrogens with zero attached hydrogens (tertiary/aromatic N) is 4. The van der Waals surface area contributed by atoms with Crippen LogP contribution >= 0.6 is 23.4 Å². The third kappa shape index (κ3) is 3.14. The molecule has 0 aliphatic rings. The average molecular weight is 239 g/mol. The number of hydrogen-bond donors (Lipinski definition) is 0. The first-order valence-electron chi connectivity index (χ1n) is 4.20. The minimum atomic E-state index is 0.408. The van der Waals surface area contributed by atoms with Crippen molar-refractivity contribution in [1.29, 1.82) is 0 Å². The lowest BCUT2D eigenvalue weighted by atomic mass is 10.5. The predicted octanol–water partition coefficient (Wildman–Crippen LogP) is 2.21. The van der Waals surface area contributed by atoms with Crippen molar-refractivity contribution in [3.63, 3.8) is 0 Å². The van der Waals surface area contributed by atoms with Crippen molar-refractivity contribution in [2.24, 2.45) is 0 Å². The minimum Gasteiger partial charge on any atom is -0.256 e. The standard InChI is InChI=1S/C9H7ClN4S/c10-8-4-12-7(3-13-8)5-15-9-1-2-11-6-14-9/h1-4,6H,5H2. The summed E-state index contributed by atoms with van der Waals surface area (Å²) in [5.41, 5.74) is 0.878. The topological polar surface area (TPSA) is 51.6 Å². The minimum absolute atomic E-state index is 0.408. The van der Waals surface area contributed by atoms with Crippen molar-refractivity contribution >= 4 is 23.4 Å². The SMILES string of the molecule is Clc1cnc(CSc2ccncn2)cn1. The van der Waals surface area contributed by atoms with E-state index in [0.29, 0.717) is 5.15 Å². The van der Waals surface area contributed by atoms with E-state index in [1.165, 1.54) is 12.5 Å². The molecule has 0 amide bonds. The second kappa shape index (κ2) is 5.04. The maximum atomic E-state index is 5.63. The average Bonchev–Trinajstić information content (AvgIpc) is 2.30. The van der Waals surface area contributed by atoms with Gasteiger partial charge < -0.3 is 0 Å². The van der Waals surface area contributed by atoms with Gasteiger partial charge in [0.05, 0.1) is 23.1 Å². The number of hydrogen-bond acceptors (Lipinski definition) is 5. The van der Waals surface area contributed by atoms with Gasteiger partial charge in [-0.2, -0.15) is 0 Å². The van der Waals surface area contributed by atoms with Crippen molar-refractivity contribution in [1.82, 2.24) is 19.9 Å². The Kier molecular flexibility index (Phi) is 3.47. The van der Waals surface area contributed by atoms with Crippen molar-refractivity contribution in [3.8, 4) is 0 Å². The predicted molar refractivity (Wildman–Crippen MR) is 58.6 cm³/mol. The van der Waals surface area contributed by atoms with Gasteiger partial charge in [-0.05, 0) is 6.07 Å². The number of rotatable bonds is 3. The molecule has 2 rings (SSSR count). The summed E-state index contributed by atoms with van der Waals surface area (Å²) in [7, 11) is 0. The Morgan fingerprint density at radius 3 is 2.80 bits per heavy atom. The molecule has 0 radical (unpaired) electrons. The van der Waals surface area contributed by atoms with Crippen LogP contribution in [0.25, 0.3) is 0 Å². The fourth-order valence-electron chi connectivity index (χ4n) is 0.925. The molecule has 15 heavy (non-hydrogen) atoms. The van der Waals surface area contributed by atoms with Gasteiger partial charge in [0.2, 0.25) is 0 Å². The van der Waals surface area contributed by atoms with Crippen LogP contribution in [0, 0.1) is 0 Å². The molecule has 0 spiro atoms. The molecule has 0 aromatic carbocycles. The summed E-state index contributed by atoms with van der Waals surface area (Å²) in [5, 5.41) is 1.33. The molecular formula is C9H7ClN4S. The van der Waals surface area contributed by atoms with Crippen molar-refractivity contribution in [3.05, 3.63) is 41.8 Å². The van der Waals surface area contributed by atoms with Crippen LogP contribution in [0.1, 0.15) is 5.69 Å². The third-order valence-corrected chi connectivity index (χ3v) is 2.77. The highest BCUT2D eigenvalue weighted by Crippen LogP contribution is 2.18. The molecule has 0 saturated heterocycles. The van der Waals surface area contributed by atoms with Crippen LogP contribution in [0.4, 0.5) is 0 Å². The van der Waals surface area contributed by atoms with Crippen LogP contribution in [0.3, 0.4) is 0 Å². The van der Waals surface area contributed by atoms with E-state index in [1.54, 1.807) is 24.2 Å². The van der Waals surface area contributed by atoms with Crippen molar-refractivity contribution in [2.45, 2.75) is 10.8 Å². The second-order valence-corrected chi connectivity index (χ2v) is 4.05. The highest BCUT2D eigenvalue weighted by atomic mass is 35.5. The maximum Gasteiger partial charge on any atom is 0.147 e. The van der Waals surface area contributed by atoms with Gasteiger partial charge in [0, 0.05) is 11.9 Å². The van der Waals surface area contributed by atoms with E-state index in [2.05, 4.69) is 19.9 Å². The molecule has 4 nitrogen and oxygen atoms in total. The van der Waals surface area contributed by atoms with Gasteiger partial charge in [-0.15, -0.1) is 0 Å². The Morgan fingerprint density at radius 1 is 1.20 bits per heavy atom. The van der Waals surface area contributed by atoms with Gasteiger partial charge in [-0.25, -0.2) is 15.0 Å². The van der Waals surface area contributed by atoms with E-state index in [4.69, 9.17) is 11.6 Å². The third-order valence-electron chi connectivity index (χ3n) is 1.60. The smallest absolute Gasteiger partial charge is 0.147 e. The molecule has 2 aromatic heterocycles. The lowest BCUT2D eigenvalue weighted by molar-refractivity contribution is 1.04. The summed E-state index contributed by atoms with van der Waals surface area (Å²) in [4.78, 5) is 16.0. The summed E-state index contributed by atoms with van der Waals surface area (Å²) in [6.45, 7) is 0. The molecule has 0 N–H and O–H groups in total. The fourth-order valence-corrected chi connectivity index (χ4v) is 1.75. The number of halogens is 1. The van der Waals surface area contributed by atoms with Gasteiger partial charge in [-0.1, -0.05) is 23.4 Å². The molecule has 2 aromatic rings. The number of aromatic nitrogens is 4. The first-order chi connectivity index (χ1) is 7.34. The molecule has 0 unspecified atom stereocenters. The molecule has 0 aliphatic heterocycles. The molecule has 0 fully saturated rings. The molecule has 6 heteroatoms. The molecule has 0 bridgehead atoms. The van der Waals surface area contributed by atoms with E-state index < -0.39 is 0 Å². The van der Waals surface area contributed by atoms with Crippen LogP contribution < -0.4 is 0 Å². The Morgan fingerprint density at radius 2 is 2.13 bits per heavy atom. The largest absolute Gasteiger partial charge is 0.256 e. The Labute approximate surface area is 96.2 Å². The quantitative estimate of drug-likeness (QED) is 0.606. The van der Waals surface area contributed by atoms with Gasteiger partial charge in [0.25, 0.3) is 0 Å². The highest BCUT2D eigenvalue weighted by molar-refractivity contribution is 7.98. The summed E-state index contributed by atoms with van der Waals surface area (Å²) >= 11 is 7.21. The second-order valence-electron chi connectivity index (χ2n) is 2.67. The molecule has 0 atom stereocenters. The zero-order chi connectivity index (χ0) is 10.5. The molecule has 2 heterocycles. The molecule has 76 valence electrons. The summed E-state index contributed by atoms with van der Waals surface area (Å²) < 4.78 is 0. The van der Waals surface area contributed by atoms with Crippen molar-refractivity contribution < 1.29 is 0 Å². The van der Waals surface area contributed by atoms with Crippen LogP contribution in [-0.2, 0) is 5.75 Å². The van der Waals surface area contributed by atoms with E-state index in [9.17, 15) is 0 Å². The normalized spacial score (nSPS) is 10.2. The molecular weight excluding hydrogens is 232 g/mol. The van der Waals surface area contributed by atoms with Crippen LogP contribution in [0.2, 0.25) is 5.15 Å². The molecule has 0 saturated carbocycles. The lowest BCUT2D eigenvalue weighted by Gasteiger charge is -1.99. The van der Waals surface area contributed by atoms with Crippen LogP contribution in [0.15, 0.2) is 36.0 Å². The lowest BCUT2D eigenvalue weighted by Crippen LogP contribution is -1.89. The van der Waals surface area contributed by atoms with Gasteiger partial charge in [0.15, 0.2) is 0 Å². The van der Waals surface area contributed by atoms with Crippen LogP contribution in [-0.4, -0.2) is 19.9 Å². The van der Waals surface area contributed by atoms with E-state index in [-0.39, 0.29) is 0 Å². The van der Waals surface area contributed by atoms with E-state index >= 15 is 0 Å². The van der Waals surface area contributed by atoms with Gasteiger partial charge in [0.1, 0.15) is 11.5 Å². The summed E-state index contributed by atoms with van der Waals surface area (Å²) in [6.07, 6.45) is 6.44. The van der Waals surface area contributed by atoms with E-state index in [0.717, 1.165) is 16.5 Å². The maximum absolute atomic E-state index is 5.63. The Hall–Kier alpha value is -1.20.